The summed E-state index contributed by atoms with van der Waals surface area (Å²) in [5.41, 5.74) is 1.42. The summed E-state index contributed by atoms with van der Waals surface area (Å²) in [4.78, 5) is 0. The summed E-state index contributed by atoms with van der Waals surface area (Å²) >= 11 is 0. The third-order valence-corrected chi connectivity index (χ3v) is 9.87. The largest absolute Gasteiger partial charge is 0.0776 e. The molecule has 0 bridgehead atoms. The fourth-order valence-corrected chi connectivity index (χ4v) is 8.41. The highest BCUT2D eigenvalue weighted by Crippen LogP contribution is 2.67. The predicted octanol–water partition coefficient (Wildman–Crippen LogP) is 10.2. The lowest BCUT2D eigenvalue weighted by Gasteiger charge is -2.60. The van der Waals surface area contributed by atoms with Crippen LogP contribution >= 0.6 is 0 Å². The highest BCUT2D eigenvalue weighted by Gasteiger charge is 2.59. The van der Waals surface area contributed by atoms with Crippen molar-refractivity contribution in [2.45, 2.75) is 140 Å². The monoisotopic (exact) mass is 406 g/mol. The second-order valence-electron chi connectivity index (χ2n) is 11.2. The lowest BCUT2D eigenvalue weighted by molar-refractivity contribution is -0.111. The van der Waals surface area contributed by atoms with E-state index in [0.717, 1.165) is 40.9 Å². The van der Waals surface area contributed by atoms with Crippen molar-refractivity contribution in [3.05, 3.63) is 0 Å². The summed E-state index contributed by atoms with van der Waals surface area (Å²) < 4.78 is 0. The van der Waals surface area contributed by atoms with Gasteiger partial charge >= 0.3 is 0 Å². The standard InChI is InChI=1S/C24H42.2C2H6.CH4/c1-17(2)8-9-19-11-13-21-20-12-10-18-7-5-6-15-23(18,3)22(20)14-16-24(19,21)4;2*1-2;/h17-22H,5-16H2,1-4H3;2*1-2H3;1H4. The average Bonchev–Trinajstić information content (AvgIpc) is 3.05. The minimum absolute atomic E-state index is 0. The Hall–Kier alpha value is 0. The first-order valence-electron chi connectivity index (χ1n) is 13.4. The Labute approximate surface area is 186 Å². The molecule has 0 heterocycles. The molecule has 7 unspecified atom stereocenters. The lowest BCUT2D eigenvalue weighted by atomic mass is 9.45. The molecular formula is C29H58. The summed E-state index contributed by atoms with van der Waals surface area (Å²) in [5, 5.41) is 0. The van der Waals surface area contributed by atoms with Gasteiger partial charge in [0.15, 0.2) is 0 Å². The van der Waals surface area contributed by atoms with E-state index in [9.17, 15) is 0 Å². The van der Waals surface area contributed by atoms with Crippen LogP contribution in [0.1, 0.15) is 140 Å². The van der Waals surface area contributed by atoms with E-state index in [4.69, 9.17) is 0 Å². The van der Waals surface area contributed by atoms with E-state index >= 15 is 0 Å². The Morgan fingerprint density at radius 1 is 0.724 bits per heavy atom. The number of hydrogen-bond donors (Lipinski definition) is 0. The first-order valence-corrected chi connectivity index (χ1v) is 13.4. The summed E-state index contributed by atoms with van der Waals surface area (Å²) in [7, 11) is 0. The highest BCUT2D eigenvalue weighted by molar-refractivity contribution is 5.08. The molecule has 0 N–H and O–H groups in total. The molecule has 0 heteroatoms. The van der Waals surface area contributed by atoms with Crippen LogP contribution < -0.4 is 0 Å². The van der Waals surface area contributed by atoms with E-state index in [0.29, 0.717) is 5.41 Å². The zero-order chi connectivity index (χ0) is 20.9. The highest BCUT2D eigenvalue weighted by atomic mass is 14.6. The van der Waals surface area contributed by atoms with Crippen LogP contribution in [0.2, 0.25) is 0 Å². The van der Waals surface area contributed by atoms with Gasteiger partial charge in [0, 0.05) is 0 Å². The van der Waals surface area contributed by atoms with Crippen molar-refractivity contribution in [1.82, 2.24) is 0 Å². The fourth-order valence-electron chi connectivity index (χ4n) is 8.41. The number of hydrogen-bond acceptors (Lipinski definition) is 0. The van der Waals surface area contributed by atoms with Gasteiger partial charge in [-0.2, -0.15) is 0 Å². The number of fused-ring (bicyclic) bond motifs is 5. The van der Waals surface area contributed by atoms with Crippen molar-refractivity contribution in [2.75, 3.05) is 0 Å². The Morgan fingerprint density at radius 3 is 2.03 bits per heavy atom. The van der Waals surface area contributed by atoms with Crippen LogP contribution in [0, 0.1) is 46.3 Å². The Balaban J connectivity index is 0.000000794. The molecule has 4 rings (SSSR count). The molecule has 4 saturated carbocycles. The van der Waals surface area contributed by atoms with E-state index in [1.807, 2.05) is 27.7 Å². The van der Waals surface area contributed by atoms with Gasteiger partial charge in [-0.1, -0.05) is 82.1 Å². The maximum Gasteiger partial charge on any atom is -0.0266 e. The molecule has 0 aromatic heterocycles. The van der Waals surface area contributed by atoms with Crippen molar-refractivity contribution < 1.29 is 0 Å². The van der Waals surface area contributed by atoms with E-state index < -0.39 is 0 Å². The molecule has 4 fully saturated rings. The van der Waals surface area contributed by atoms with Gasteiger partial charge in [0.2, 0.25) is 0 Å². The molecular weight excluding hydrogens is 348 g/mol. The first-order chi connectivity index (χ1) is 13.4. The van der Waals surface area contributed by atoms with Gasteiger partial charge in [-0.15, -0.1) is 0 Å². The third kappa shape index (κ3) is 5.09. The smallest absolute Gasteiger partial charge is 0.0266 e. The van der Waals surface area contributed by atoms with E-state index in [-0.39, 0.29) is 7.43 Å². The molecule has 174 valence electrons. The van der Waals surface area contributed by atoms with Gasteiger partial charge in [0.05, 0.1) is 0 Å². The molecule has 0 nitrogen and oxygen atoms in total. The molecule has 0 aliphatic heterocycles. The Kier molecular flexibility index (Phi) is 10.8. The van der Waals surface area contributed by atoms with Crippen molar-refractivity contribution in [3.8, 4) is 0 Å². The van der Waals surface area contributed by atoms with Gasteiger partial charge in [0.1, 0.15) is 0 Å². The second kappa shape index (κ2) is 11.6. The van der Waals surface area contributed by atoms with Crippen LogP contribution in [0.3, 0.4) is 0 Å². The SMILES string of the molecule is C.CC.CC.CC(C)CCC1CCC2C3CCC4CCCCC4(C)C3CCC12C. The zero-order valence-electron chi connectivity index (χ0n) is 20.9. The second-order valence-corrected chi connectivity index (χ2v) is 11.2. The minimum Gasteiger partial charge on any atom is -0.0776 e. The molecule has 0 saturated heterocycles. The van der Waals surface area contributed by atoms with Crippen LogP contribution in [0.25, 0.3) is 0 Å². The summed E-state index contributed by atoms with van der Waals surface area (Å²) in [6, 6.07) is 0. The quantitative estimate of drug-likeness (QED) is 0.437. The van der Waals surface area contributed by atoms with Crippen molar-refractivity contribution in [1.29, 1.82) is 0 Å². The van der Waals surface area contributed by atoms with Gasteiger partial charge in [-0.05, 0) is 104 Å². The topological polar surface area (TPSA) is 0 Å². The Morgan fingerprint density at radius 2 is 1.38 bits per heavy atom. The van der Waals surface area contributed by atoms with Crippen molar-refractivity contribution >= 4 is 0 Å². The molecule has 0 aromatic rings. The minimum atomic E-state index is 0. The fraction of sp³-hybridized carbons (Fsp3) is 1.00. The van der Waals surface area contributed by atoms with Gasteiger partial charge < -0.3 is 0 Å². The molecule has 0 radical (unpaired) electrons. The van der Waals surface area contributed by atoms with Gasteiger partial charge in [0.25, 0.3) is 0 Å². The molecule has 4 aliphatic rings. The molecule has 0 aromatic carbocycles. The van der Waals surface area contributed by atoms with E-state index in [1.54, 1.807) is 51.4 Å². The zero-order valence-corrected chi connectivity index (χ0v) is 20.9. The van der Waals surface area contributed by atoms with E-state index in [2.05, 4.69) is 27.7 Å². The molecule has 0 spiro atoms. The molecule has 29 heavy (non-hydrogen) atoms. The first kappa shape index (κ1) is 27.0. The van der Waals surface area contributed by atoms with Crippen LogP contribution in [0.5, 0.6) is 0 Å². The van der Waals surface area contributed by atoms with Crippen molar-refractivity contribution in [3.63, 3.8) is 0 Å². The predicted molar refractivity (Wildman–Crippen MR) is 133 cm³/mol. The van der Waals surface area contributed by atoms with Gasteiger partial charge in [-0.25, -0.2) is 0 Å². The Bertz CT molecular complexity index is 451. The van der Waals surface area contributed by atoms with Crippen LogP contribution in [-0.4, -0.2) is 0 Å². The lowest BCUT2D eigenvalue weighted by Crippen LogP contribution is -2.52. The normalized spacial score (nSPS) is 42.7. The van der Waals surface area contributed by atoms with E-state index in [1.165, 1.54) is 25.7 Å². The summed E-state index contributed by atoms with van der Waals surface area (Å²) in [6.45, 7) is 18.3. The maximum absolute atomic E-state index is 2.72. The van der Waals surface area contributed by atoms with Gasteiger partial charge in [-0.3, -0.25) is 0 Å². The third-order valence-electron chi connectivity index (χ3n) is 9.87. The molecule has 7 atom stereocenters. The molecule has 4 aliphatic carbocycles. The number of rotatable bonds is 3. The van der Waals surface area contributed by atoms with Crippen LogP contribution in [-0.2, 0) is 0 Å². The summed E-state index contributed by atoms with van der Waals surface area (Å²) in [6.07, 6.45) is 18.5. The van der Waals surface area contributed by atoms with Crippen molar-refractivity contribution in [2.24, 2.45) is 46.3 Å². The average molecular weight is 407 g/mol. The maximum atomic E-state index is 2.72. The van der Waals surface area contributed by atoms with Crippen LogP contribution in [0.15, 0.2) is 0 Å². The molecule has 0 amide bonds. The van der Waals surface area contributed by atoms with Crippen LogP contribution in [0.4, 0.5) is 0 Å². The summed E-state index contributed by atoms with van der Waals surface area (Å²) in [5.74, 6) is 6.26.